The first-order valence-electron chi connectivity index (χ1n) is 10.2. The summed E-state index contributed by atoms with van der Waals surface area (Å²) in [5, 5.41) is 5.01. The Bertz CT molecular complexity index is 915. The molecule has 0 saturated carbocycles. The van der Waals surface area contributed by atoms with Gasteiger partial charge in [0.2, 0.25) is 11.8 Å². The van der Waals surface area contributed by atoms with Crippen molar-refractivity contribution in [3.05, 3.63) is 52.6 Å². The van der Waals surface area contributed by atoms with Gasteiger partial charge in [-0.3, -0.25) is 19.3 Å². The Balaban J connectivity index is 1.54. The van der Waals surface area contributed by atoms with Gasteiger partial charge in [0.05, 0.1) is 12.1 Å². The molecule has 8 heteroatoms. The summed E-state index contributed by atoms with van der Waals surface area (Å²) in [6.45, 7) is 8.90. The number of aryl methyl sites for hydroxylation is 1. The zero-order chi connectivity index (χ0) is 21.7. The van der Waals surface area contributed by atoms with Crippen LogP contribution in [-0.4, -0.2) is 62.6 Å². The van der Waals surface area contributed by atoms with E-state index < -0.39 is 0 Å². The molecule has 160 valence electrons. The molecule has 30 heavy (non-hydrogen) atoms. The lowest BCUT2D eigenvalue weighted by molar-refractivity contribution is -0.136. The van der Waals surface area contributed by atoms with Crippen LogP contribution < -0.4 is 0 Å². The number of rotatable bonds is 6. The molecule has 7 nitrogen and oxygen atoms in total. The molecule has 2 amide bonds. The van der Waals surface area contributed by atoms with Crippen molar-refractivity contribution < 1.29 is 9.59 Å². The number of amides is 2. The van der Waals surface area contributed by atoms with Crippen LogP contribution >= 0.6 is 11.6 Å². The van der Waals surface area contributed by atoms with Crippen LogP contribution in [0.1, 0.15) is 30.8 Å². The van der Waals surface area contributed by atoms with Crippen molar-refractivity contribution in [2.75, 3.05) is 26.2 Å². The standard InChI is InChI=1S/C22H28ClN5O2/c1-16(2)15-28-22(23)19(17(3)25-28)7-8-20(29)26-10-12-27(13-11-26)21(30)14-18-6-4-5-9-24-18/h4-9,16H,10-15H2,1-3H3/b8-7+. The highest BCUT2D eigenvalue weighted by Gasteiger charge is 2.23. The molecule has 2 aromatic heterocycles. The maximum atomic E-state index is 12.6. The molecular formula is C22H28ClN5O2. The molecule has 1 fully saturated rings. The van der Waals surface area contributed by atoms with Crippen LogP contribution in [0.5, 0.6) is 0 Å². The summed E-state index contributed by atoms with van der Waals surface area (Å²) in [4.78, 5) is 32.8. The minimum absolute atomic E-state index is 0.0383. The van der Waals surface area contributed by atoms with E-state index >= 15 is 0 Å². The number of halogens is 1. The van der Waals surface area contributed by atoms with Crippen molar-refractivity contribution in [1.82, 2.24) is 24.6 Å². The van der Waals surface area contributed by atoms with Gasteiger partial charge >= 0.3 is 0 Å². The molecule has 1 aliphatic rings. The monoisotopic (exact) mass is 429 g/mol. The molecule has 3 rings (SSSR count). The van der Waals surface area contributed by atoms with Crippen molar-refractivity contribution in [3.63, 3.8) is 0 Å². The number of carbonyl (C=O) groups is 2. The molecule has 0 bridgehead atoms. The van der Waals surface area contributed by atoms with Gasteiger partial charge in [-0.15, -0.1) is 0 Å². The Labute approximate surface area is 182 Å². The minimum atomic E-state index is -0.0844. The van der Waals surface area contributed by atoms with Crippen molar-refractivity contribution in [1.29, 1.82) is 0 Å². The van der Waals surface area contributed by atoms with E-state index in [1.807, 2.05) is 25.1 Å². The van der Waals surface area contributed by atoms with E-state index in [4.69, 9.17) is 11.6 Å². The molecule has 3 heterocycles. The van der Waals surface area contributed by atoms with Crippen LogP contribution in [0.25, 0.3) is 6.08 Å². The van der Waals surface area contributed by atoms with Gasteiger partial charge in [0.25, 0.3) is 0 Å². The molecule has 0 aromatic carbocycles. The number of carbonyl (C=O) groups excluding carboxylic acids is 2. The Morgan fingerprint density at radius 3 is 2.50 bits per heavy atom. The fraction of sp³-hybridized carbons (Fsp3) is 0.455. The lowest BCUT2D eigenvalue weighted by Gasteiger charge is -2.34. The third-order valence-corrected chi connectivity index (χ3v) is 5.44. The van der Waals surface area contributed by atoms with Gasteiger partial charge < -0.3 is 9.80 Å². The normalized spacial score (nSPS) is 14.7. The first-order chi connectivity index (χ1) is 14.3. The van der Waals surface area contributed by atoms with Gasteiger partial charge in [0.15, 0.2) is 0 Å². The highest BCUT2D eigenvalue weighted by atomic mass is 35.5. The van der Waals surface area contributed by atoms with Crippen LogP contribution in [0.2, 0.25) is 5.15 Å². The van der Waals surface area contributed by atoms with Crippen molar-refractivity contribution in [3.8, 4) is 0 Å². The van der Waals surface area contributed by atoms with Gasteiger partial charge in [-0.2, -0.15) is 5.10 Å². The van der Waals surface area contributed by atoms with E-state index in [0.29, 0.717) is 37.3 Å². The first-order valence-corrected chi connectivity index (χ1v) is 10.6. The molecule has 0 spiro atoms. The maximum Gasteiger partial charge on any atom is 0.246 e. The van der Waals surface area contributed by atoms with E-state index in [9.17, 15) is 9.59 Å². The zero-order valence-electron chi connectivity index (χ0n) is 17.7. The number of pyridine rings is 1. The molecule has 0 N–H and O–H groups in total. The second kappa shape index (κ2) is 9.89. The first kappa shape index (κ1) is 22.0. The van der Waals surface area contributed by atoms with Crippen molar-refractivity contribution in [2.45, 2.75) is 33.7 Å². The number of hydrogen-bond donors (Lipinski definition) is 0. The van der Waals surface area contributed by atoms with Crippen molar-refractivity contribution in [2.24, 2.45) is 5.92 Å². The van der Waals surface area contributed by atoms with E-state index in [2.05, 4.69) is 23.9 Å². The smallest absolute Gasteiger partial charge is 0.246 e. The largest absolute Gasteiger partial charge is 0.339 e. The predicted octanol–water partition coefficient (Wildman–Crippen LogP) is 2.82. The Kier molecular flexibility index (Phi) is 7.26. The number of piperazine rings is 1. The zero-order valence-corrected chi connectivity index (χ0v) is 18.5. The van der Waals surface area contributed by atoms with Gasteiger partial charge in [-0.25, -0.2) is 0 Å². The third-order valence-electron chi connectivity index (χ3n) is 5.04. The lowest BCUT2D eigenvalue weighted by Crippen LogP contribution is -2.50. The van der Waals surface area contributed by atoms with Crippen LogP contribution in [0.4, 0.5) is 0 Å². The Morgan fingerprint density at radius 2 is 1.87 bits per heavy atom. The average molecular weight is 430 g/mol. The van der Waals surface area contributed by atoms with Crippen LogP contribution in [0.15, 0.2) is 30.5 Å². The van der Waals surface area contributed by atoms with E-state index in [1.165, 1.54) is 0 Å². The summed E-state index contributed by atoms with van der Waals surface area (Å²) in [6, 6.07) is 5.55. The third kappa shape index (κ3) is 5.48. The topological polar surface area (TPSA) is 71.3 Å². The van der Waals surface area contributed by atoms with Crippen LogP contribution in [0, 0.1) is 12.8 Å². The van der Waals surface area contributed by atoms with Gasteiger partial charge in [0, 0.05) is 56.3 Å². The summed E-state index contributed by atoms with van der Waals surface area (Å²) in [5.74, 6) is 0.382. The minimum Gasteiger partial charge on any atom is -0.339 e. The highest BCUT2D eigenvalue weighted by Crippen LogP contribution is 2.22. The molecule has 1 saturated heterocycles. The fourth-order valence-electron chi connectivity index (χ4n) is 3.43. The van der Waals surface area contributed by atoms with Gasteiger partial charge in [-0.05, 0) is 31.1 Å². The number of aromatic nitrogens is 3. The summed E-state index contributed by atoms with van der Waals surface area (Å²) < 4.78 is 1.78. The van der Waals surface area contributed by atoms with E-state index in [0.717, 1.165) is 23.5 Å². The number of hydrogen-bond acceptors (Lipinski definition) is 4. The summed E-state index contributed by atoms with van der Waals surface area (Å²) in [6.07, 6.45) is 5.25. The quantitative estimate of drug-likeness (QED) is 0.662. The molecule has 0 atom stereocenters. The summed E-state index contributed by atoms with van der Waals surface area (Å²) >= 11 is 6.44. The Morgan fingerprint density at radius 1 is 1.17 bits per heavy atom. The maximum absolute atomic E-state index is 12.6. The molecule has 0 aliphatic carbocycles. The highest BCUT2D eigenvalue weighted by molar-refractivity contribution is 6.31. The summed E-state index contributed by atoms with van der Waals surface area (Å²) in [5.41, 5.74) is 2.33. The van der Waals surface area contributed by atoms with E-state index in [1.54, 1.807) is 32.8 Å². The molecular weight excluding hydrogens is 402 g/mol. The summed E-state index contributed by atoms with van der Waals surface area (Å²) in [7, 11) is 0. The second-order valence-electron chi connectivity index (χ2n) is 7.90. The van der Waals surface area contributed by atoms with E-state index in [-0.39, 0.29) is 18.2 Å². The van der Waals surface area contributed by atoms with Gasteiger partial charge in [0.1, 0.15) is 5.15 Å². The molecule has 2 aromatic rings. The van der Waals surface area contributed by atoms with Crippen molar-refractivity contribution >= 4 is 29.5 Å². The fourth-order valence-corrected chi connectivity index (χ4v) is 3.74. The second-order valence-corrected chi connectivity index (χ2v) is 8.26. The molecule has 1 aliphatic heterocycles. The van der Waals surface area contributed by atoms with Crippen LogP contribution in [-0.2, 0) is 22.6 Å². The van der Waals surface area contributed by atoms with Crippen LogP contribution in [0.3, 0.4) is 0 Å². The lowest BCUT2D eigenvalue weighted by atomic mass is 10.2. The number of nitrogens with zero attached hydrogens (tertiary/aromatic N) is 5. The SMILES string of the molecule is Cc1nn(CC(C)C)c(Cl)c1/C=C/C(=O)N1CCN(C(=O)Cc2ccccn2)CC1. The molecule has 0 unspecified atom stereocenters. The average Bonchev–Trinajstić information content (AvgIpc) is 2.99. The predicted molar refractivity (Wildman–Crippen MR) is 117 cm³/mol. The molecule has 0 radical (unpaired) electrons. The van der Waals surface area contributed by atoms with Gasteiger partial charge in [-0.1, -0.05) is 31.5 Å². The Hall–Kier alpha value is -2.67.